The van der Waals surface area contributed by atoms with E-state index in [9.17, 15) is 14.7 Å². The fourth-order valence-electron chi connectivity index (χ4n) is 4.85. The zero-order chi connectivity index (χ0) is 27.4. The molecule has 0 aliphatic carbocycles. The van der Waals surface area contributed by atoms with E-state index < -0.39 is 17.7 Å². The molecule has 2 aliphatic rings. The smallest absolute Gasteiger partial charge is 0.295 e. The molecule has 8 heteroatoms. The maximum atomic E-state index is 13.3. The van der Waals surface area contributed by atoms with E-state index in [0.29, 0.717) is 61.2 Å². The van der Waals surface area contributed by atoms with Crippen molar-refractivity contribution in [1.29, 1.82) is 0 Å². The van der Waals surface area contributed by atoms with Gasteiger partial charge in [0.1, 0.15) is 31.3 Å². The fraction of sp³-hybridized carbons (Fsp3) is 0.290. The van der Waals surface area contributed by atoms with Crippen molar-refractivity contribution in [1.82, 2.24) is 9.80 Å². The first kappa shape index (κ1) is 26.3. The van der Waals surface area contributed by atoms with Crippen molar-refractivity contribution in [3.05, 3.63) is 95.1 Å². The summed E-state index contributed by atoms with van der Waals surface area (Å²) < 4.78 is 17.2. The highest BCUT2D eigenvalue weighted by Gasteiger charge is 2.45. The minimum absolute atomic E-state index is 0.0551. The van der Waals surface area contributed by atoms with E-state index in [-0.39, 0.29) is 11.3 Å². The molecule has 2 heterocycles. The van der Waals surface area contributed by atoms with Gasteiger partial charge in [0, 0.05) is 12.1 Å². The number of nitrogens with zero attached hydrogens (tertiary/aromatic N) is 2. The Hall–Kier alpha value is -4.30. The van der Waals surface area contributed by atoms with E-state index >= 15 is 0 Å². The van der Waals surface area contributed by atoms with Crippen LogP contribution in [0.2, 0.25) is 0 Å². The number of ketones is 1. The van der Waals surface area contributed by atoms with Crippen molar-refractivity contribution < 1.29 is 28.9 Å². The normalized spacial score (nSPS) is 18.0. The van der Waals surface area contributed by atoms with E-state index in [2.05, 4.69) is 0 Å². The Bertz CT molecular complexity index is 1370. The molecule has 0 bridgehead atoms. The zero-order valence-electron chi connectivity index (χ0n) is 22.1. The van der Waals surface area contributed by atoms with Crippen LogP contribution in [-0.4, -0.2) is 67.0 Å². The summed E-state index contributed by atoms with van der Waals surface area (Å²) in [6.07, 6.45) is 0.679. The average Bonchev–Trinajstić information content (AvgIpc) is 3.21. The van der Waals surface area contributed by atoms with Gasteiger partial charge in [0.2, 0.25) is 0 Å². The maximum Gasteiger partial charge on any atom is 0.295 e. The number of aliphatic hydroxyl groups excluding tert-OH is 1. The first-order valence-electron chi connectivity index (χ1n) is 13.0. The average molecular weight is 529 g/mol. The Balaban J connectivity index is 1.47. The molecule has 5 rings (SSSR count). The number of carbonyl (C=O) groups excluding carboxylic acids is 2. The van der Waals surface area contributed by atoms with Crippen LogP contribution in [0.4, 0.5) is 0 Å². The number of likely N-dealkylation sites (tertiary alicyclic amines) is 1. The molecule has 3 aromatic carbocycles. The van der Waals surface area contributed by atoms with Gasteiger partial charge in [0.25, 0.3) is 11.7 Å². The Kier molecular flexibility index (Phi) is 7.84. The third-order valence-electron chi connectivity index (χ3n) is 6.80. The lowest BCUT2D eigenvalue weighted by atomic mass is 9.95. The number of benzene rings is 3. The van der Waals surface area contributed by atoms with Crippen LogP contribution in [0.15, 0.2) is 78.4 Å². The second-order valence-electron chi connectivity index (χ2n) is 9.85. The van der Waals surface area contributed by atoms with Crippen LogP contribution < -0.4 is 14.2 Å². The van der Waals surface area contributed by atoms with E-state index in [0.717, 1.165) is 12.1 Å². The van der Waals surface area contributed by atoms with Crippen molar-refractivity contribution in [2.24, 2.45) is 0 Å². The number of rotatable bonds is 9. The van der Waals surface area contributed by atoms with Crippen molar-refractivity contribution in [3.63, 3.8) is 0 Å². The molecule has 8 nitrogen and oxygen atoms in total. The molecule has 0 radical (unpaired) electrons. The number of ether oxygens (including phenoxy) is 3. The third kappa shape index (κ3) is 5.76. The predicted octanol–water partition coefficient (Wildman–Crippen LogP) is 4.41. The summed E-state index contributed by atoms with van der Waals surface area (Å²) in [5, 5.41) is 11.4. The molecule has 202 valence electrons. The lowest BCUT2D eigenvalue weighted by Crippen LogP contribution is -2.32. The minimum atomic E-state index is -0.733. The van der Waals surface area contributed by atoms with Crippen molar-refractivity contribution in [3.8, 4) is 17.2 Å². The molecule has 1 unspecified atom stereocenters. The van der Waals surface area contributed by atoms with Gasteiger partial charge >= 0.3 is 0 Å². The van der Waals surface area contributed by atoms with E-state index in [1.807, 2.05) is 73.6 Å². The van der Waals surface area contributed by atoms with E-state index in [1.165, 1.54) is 0 Å². The first-order chi connectivity index (χ1) is 18.9. The summed E-state index contributed by atoms with van der Waals surface area (Å²) in [7, 11) is 3.92. The fourth-order valence-corrected chi connectivity index (χ4v) is 4.85. The Morgan fingerprint density at radius 1 is 0.974 bits per heavy atom. The lowest BCUT2D eigenvalue weighted by Gasteiger charge is -2.26. The molecule has 1 fully saturated rings. The van der Waals surface area contributed by atoms with Gasteiger partial charge in [0.05, 0.1) is 11.6 Å². The number of hydrogen-bond acceptors (Lipinski definition) is 7. The van der Waals surface area contributed by atoms with Crippen LogP contribution in [0.1, 0.15) is 29.2 Å². The quantitative estimate of drug-likeness (QED) is 0.250. The highest BCUT2D eigenvalue weighted by molar-refractivity contribution is 6.46. The molecule has 0 spiro atoms. The van der Waals surface area contributed by atoms with Gasteiger partial charge in [-0.25, -0.2) is 0 Å². The molecule has 0 aromatic heterocycles. The van der Waals surface area contributed by atoms with Crippen LogP contribution in [0.25, 0.3) is 5.76 Å². The van der Waals surface area contributed by atoms with Crippen LogP contribution in [-0.2, 0) is 16.2 Å². The van der Waals surface area contributed by atoms with Gasteiger partial charge < -0.3 is 29.1 Å². The number of hydrogen-bond donors (Lipinski definition) is 1. The monoisotopic (exact) mass is 528 g/mol. The molecule has 1 N–H and O–H groups in total. The minimum Gasteiger partial charge on any atom is -0.507 e. The Morgan fingerprint density at radius 3 is 2.41 bits per heavy atom. The standard InChI is InChI=1S/C31H32N2O6/c1-32(2)15-6-16-33-28(22-9-12-24(13-10-22)39-20-21-7-4-3-5-8-21)27(30(35)31(33)36)29(34)23-11-14-25-26(19-23)38-18-17-37-25/h3-5,7-14,19,28,34H,6,15-18,20H2,1-2H3/b29-27+. The second-order valence-corrected chi connectivity index (χ2v) is 9.85. The third-order valence-corrected chi connectivity index (χ3v) is 6.80. The summed E-state index contributed by atoms with van der Waals surface area (Å²) in [6, 6.07) is 21.5. The lowest BCUT2D eigenvalue weighted by molar-refractivity contribution is -0.139. The van der Waals surface area contributed by atoms with E-state index in [1.54, 1.807) is 23.1 Å². The molecular formula is C31H32N2O6. The van der Waals surface area contributed by atoms with Gasteiger partial charge in [-0.05, 0) is 68.5 Å². The van der Waals surface area contributed by atoms with Gasteiger partial charge in [-0.2, -0.15) is 0 Å². The number of carbonyl (C=O) groups is 2. The van der Waals surface area contributed by atoms with Crippen molar-refractivity contribution in [2.45, 2.75) is 19.1 Å². The number of fused-ring (bicyclic) bond motifs is 1. The summed E-state index contributed by atoms with van der Waals surface area (Å²) in [5.41, 5.74) is 2.21. The summed E-state index contributed by atoms with van der Waals surface area (Å²) in [4.78, 5) is 30.1. The van der Waals surface area contributed by atoms with Crippen molar-refractivity contribution >= 4 is 17.4 Å². The number of aliphatic hydroxyl groups is 1. The van der Waals surface area contributed by atoms with Gasteiger partial charge in [-0.15, -0.1) is 0 Å². The Morgan fingerprint density at radius 2 is 1.69 bits per heavy atom. The summed E-state index contributed by atoms with van der Waals surface area (Å²) in [5.74, 6) is 0.157. The first-order valence-corrected chi connectivity index (χ1v) is 13.0. The summed E-state index contributed by atoms with van der Waals surface area (Å²) >= 11 is 0. The molecule has 2 aliphatic heterocycles. The zero-order valence-corrected chi connectivity index (χ0v) is 22.1. The molecule has 1 amide bonds. The molecule has 39 heavy (non-hydrogen) atoms. The molecule has 1 atom stereocenters. The Labute approximate surface area is 228 Å². The van der Waals surface area contributed by atoms with E-state index in [4.69, 9.17) is 14.2 Å². The van der Waals surface area contributed by atoms with Gasteiger partial charge in [-0.1, -0.05) is 42.5 Å². The van der Waals surface area contributed by atoms with Crippen molar-refractivity contribution in [2.75, 3.05) is 40.4 Å². The number of Topliss-reactive ketones (excluding diaryl/α,β-unsaturated/α-hetero) is 1. The number of amides is 1. The largest absolute Gasteiger partial charge is 0.507 e. The van der Waals surface area contributed by atoms with Crippen LogP contribution >= 0.6 is 0 Å². The van der Waals surface area contributed by atoms with Crippen LogP contribution in [0.3, 0.4) is 0 Å². The summed E-state index contributed by atoms with van der Waals surface area (Å²) in [6.45, 7) is 2.39. The maximum absolute atomic E-state index is 13.3. The van der Waals surface area contributed by atoms with Crippen LogP contribution in [0, 0.1) is 0 Å². The molecule has 0 saturated carbocycles. The molecule has 1 saturated heterocycles. The molecule has 3 aromatic rings. The predicted molar refractivity (Wildman–Crippen MR) is 147 cm³/mol. The topological polar surface area (TPSA) is 88.5 Å². The molecular weight excluding hydrogens is 496 g/mol. The highest BCUT2D eigenvalue weighted by Crippen LogP contribution is 2.41. The SMILES string of the molecule is CN(C)CCCN1C(=O)C(=O)/C(=C(/O)c2ccc3c(c2)OCCO3)C1c1ccc(OCc2ccccc2)cc1. The van der Waals surface area contributed by atoms with Crippen LogP contribution in [0.5, 0.6) is 17.2 Å². The second kappa shape index (κ2) is 11.6. The highest BCUT2D eigenvalue weighted by atomic mass is 16.6. The van der Waals surface area contributed by atoms with Gasteiger partial charge in [0.15, 0.2) is 11.5 Å². The van der Waals surface area contributed by atoms with Gasteiger partial charge in [-0.3, -0.25) is 9.59 Å².